The van der Waals surface area contributed by atoms with Crippen LogP contribution in [0.2, 0.25) is 0 Å². The number of fused-ring (bicyclic) bond motifs is 7. The van der Waals surface area contributed by atoms with Crippen molar-refractivity contribution in [1.29, 1.82) is 0 Å². The Kier molecular flexibility index (Phi) is 5.69. The van der Waals surface area contributed by atoms with Crippen LogP contribution in [0.5, 0.6) is 5.75 Å². The summed E-state index contributed by atoms with van der Waals surface area (Å²) in [4.78, 5) is 17.8. The van der Waals surface area contributed by atoms with Gasteiger partial charge in [0.25, 0.3) is 0 Å². The van der Waals surface area contributed by atoms with E-state index in [9.17, 15) is 9.18 Å². The molecule has 4 aromatic rings. The van der Waals surface area contributed by atoms with E-state index in [1.165, 1.54) is 28.5 Å². The molecule has 1 amide bonds. The van der Waals surface area contributed by atoms with Crippen LogP contribution in [0.3, 0.4) is 0 Å². The zero-order chi connectivity index (χ0) is 25.8. The molecule has 9 nitrogen and oxygen atoms in total. The van der Waals surface area contributed by atoms with Crippen LogP contribution in [0.25, 0.3) is 22.5 Å². The number of amides is 1. The van der Waals surface area contributed by atoms with Crippen molar-refractivity contribution < 1.29 is 13.9 Å². The van der Waals surface area contributed by atoms with Gasteiger partial charge in [-0.2, -0.15) is 20.1 Å². The highest BCUT2D eigenvalue weighted by Crippen LogP contribution is 2.39. The molecule has 0 saturated carbocycles. The number of nitrogens with one attached hydrogen (secondary N) is 1. The molecule has 178 valence electrons. The van der Waals surface area contributed by atoms with Crippen LogP contribution in [0.15, 0.2) is 36.7 Å². The van der Waals surface area contributed by atoms with Crippen LogP contribution in [0.4, 0.5) is 10.2 Å². The Labute approximate surface area is 209 Å². The lowest BCUT2D eigenvalue weighted by atomic mass is 9.63. The Morgan fingerprint density at radius 1 is 1.25 bits per heavy atom. The Morgan fingerprint density at radius 3 is 2.75 bits per heavy atom. The predicted octanol–water partition coefficient (Wildman–Crippen LogP) is 2.85. The van der Waals surface area contributed by atoms with Crippen molar-refractivity contribution in [1.82, 2.24) is 29.8 Å². The number of benzene rings is 1. The average Bonchev–Trinajstić information content (AvgIpc) is 3.37. The van der Waals surface area contributed by atoms with Gasteiger partial charge >= 0.3 is 0 Å². The number of ether oxygens (including phenoxy) is 1. The summed E-state index contributed by atoms with van der Waals surface area (Å²) < 4.78 is 22.2. The van der Waals surface area contributed by atoms with Crippen LogP contribution in [-0.2, 0) is 23.6 Å². The fourth-order valence-electron chi connectivity index (χ4n) is 4.40. The van der Waals surface area contributed by atoms with Gasteiger partial charge in [0.15, 0.2) is 11.6 Å². The van der Waals surface area contributed by atoms with Crippen LogP contribution < -0.4 is 10.1 Å². The number of hydrogen-bond donors (Lipinski definition) is 1. The molecule has 5 rings (SSSR count). The molecule has 4 radical (unpaired) electrons. The first-order chi connectivity index (χ1) is 17.0. The molecule has 3 aromatic heterocycles. The molecule has 1 aliphatic heterocycles. The molecule has 0 aliphatic carbocycles. The molecular weight excluding hydrogens is 459 g/mol. The molecule has 0 fully saturated rings. The van der Waals surface area contributed by atoms with Gasteiger partial charge in [0.1, 0.15) is 17.6 Å². The number of anilines is 1. The summed E-state index contributed by atoms with van der Waals surface area (Å²) >= 11 is 0. The summed E-state index contributed by atoms with van der Waals surface area (Å²) in [5.74, 6) is -0.208. The Morgan fingerprint density at radius 2 is 2.03 bits per heavy atom. The van der Waals surface area contributed by atoms with Gasteiger partial charge < -0.3 is 10.1 Å². The number of carbonyl (C=O) groups is 1. The number of halogens is 1. The number of pyridine rings is 1. The van der Waals surface area contributed by atoms with Gasteiger partial charge in [0.2, 0.25) is 5.91 Å². The summed E-state index contributed by atoms with van der Waals surface area (Å²) in [6.45, 7) is 4.80. The molecule has 0 unspecified atom stereocenters. The molecule has 0 saturated heterocycles. The second kappa shape index (κ2) is 8.61. The van der Waals surface area contributed by atoms with Gasteiger partial charge in [-0.15, -0.1) is 0 Å². The highest BCUT2D eigenvalue weighted by Gasteiger charge is 2.27. The minimum absolute atomic E-state index is 0.226. The molecule has 1 aliphatic rings. The summed E-state index contributed by atoms with van der Waals surface area (Å²) in [5.41, 5.74) is 4.52. The summed E-state index contributed by atoms with van der Waals surface area (Å²) in [5, 5.41) is 15.0. The standard InChI is InChI=1S/C24H22B2FN7O2/c1-12-18-9-16(27)5-6-17(18)21-19(31-33(4)32-21)7-14-11-29-34(24(3,25)26)22(14)15-8-20(36-12)23(28-10-15)30-13(2)35/h5-6,8-12H,7H2,1-4H3,(H,28,30,35)/t12-/m1/s1. The van der Waals surface area contributed by atoms with Gasteiger partial charge in [-0.3, -0.25) is 9.48 Å². The van der Waals surface area contributed by atoms with Crippen molar-refractivity contribution in [2.45, 2.75) is 38.6 Å². The average molecular weight is 481 g/mol. The summed E-state index contributed by atoms with van der Waals surface area (Å²) in [7, 11) is 14.2. The Bertz CT molecular complexity index is 1490. The quantitative estimate of drug-likeness (QED) is 0.443. The lowest BCUT2D eigenvalue weighted by Gasteiger charge is -2.25. The number of nitrogens with zero attached hydrogens (tertiary/aromatic N) is 6. The van der Waals surface area contributed by atoms with Crippen molar-refractivity contribution in [2.75, 3.05) is 5.32 Å². The van der Waals surface area contributed by atoms with E-state index in [4.69, 9.17) is 20.4 Å². The topological polar surface area (TPSA) is 99.8 Å². The van der Waals surface area contributed by atoms with Crippen LogP contribution in [-0.4, -0.2) is 51.4 Å². The van der Waals surface area contributed by atoms with Crippen molar-refractivity contribution in [3.8, 4) is 28.3 Å². The first-order valence-electron chi connectivity index (χ1n) is 11.3. The molecule has 4 heterocycles. The van der Waals surface area contributed by atoms with Crippen molar-refractivity contribution in [2.24, 2.45) is 7.05 Å². The van der Waals surface area contributed by atoms with E-state index in [2.05, 4.69) is 25.6 Å². The van der Waals surface area contributed by atoms with Crippen LogP contribution in [0.1, 0.15) is 43.7 Å². The van der Waals surface area contributed by atoms with E-state index in [1.54, 1.807) is 45.4 Å². The third-order valence-corrected chi connectivity index (χ3v) is 5.87. The molecule has 36 heavy (non-hydrogen) atoms. The summed E-state index contributed by atoms with van der Waals surface area (Å²) in [6, 6.07) is 6.18. The Balaban J connectivity index is 1.81. The second-order valence-corrected chi connectivity index (χ2v) is 9.06. The maximum Gasteiger partial charge on any atom is 0.222 e. The van der Waals surface area contributed by atoms with E-state index in [0.717, 1.165) is 5.56 Å². The van der Waals surface area contributed by atoms with Crippen molar-refractivity contribution in [3.63, 3.8) is 0 Å². The minimum atomic E-state index is -1.31. The largest absolute Gasteiger partial charge is 0.482 e. The van der Waals surface area contributed by atoms with Gasteiger partial charge in [-0.05, 0) is 36.5 Å². The summed E-state index contributed by atoms with van der Waals surface area (Å²) in [6.07, 6.45) is 2.98. The first kappa shape index (κ1) is 23.8. The van der Waals surface area contributed by atoms with E-state index in [-0.39, 0.29) is 11.7 Å². The second-order valence-electron chi connectivity index (χ2n) is 9.06. The fraction of sp³-hybridized carbons (Fsp3) is 0.292. The fourth-order valence-corrected chi connectivity index (χ4v) is 4.40. The number of carbonyl (C=O) groups excluding carboxylic acids is 1. The zero-order valence-electron chi connectivity index (χ0n) is 20.3. The number of rotatable bonds is 2. The number of aryl methyl sites for hydroxylation is 1. The number of aromatic nitrogens is 6. The minimum Gasteiger partial charge on any atom is -0.482 e. The molecule has 0 spiro atoms. The lowest BCUT2D eigenvalue weighted by Crippen LogP contribution is -2.32. The molecule has 1 atom stereocenters. The van der Waals surface area contributed by atoms with Gasteiger partial charge in [-0.25, -0.2) is 9.37 Å². The van der Waals surface area contributed by atoms with Gasteiger partial charge in [-0.1, -0.05) is 6.92 Å². The molecule has 2 bridgehead atoms. The third kappa shape index (κ3) is 4.27. The van der Waals surface area contributed by atoms with E-state index in [0.29, 0.717) is 45.9 Å². The van der Waals surface area contributed by atoms with Crippen molar-refractivity contribution >= 4 is 27.4 Å². The lowest BCUT2D eigenvalue weighted by molar-refractivity contribution is -0.114. The Hall–Kier alpha value is -3.95. The maximum absolute atomic E-state index is 14.4. The van der Waals surface area contributed by atoms with E-state index >= 15 is 0 Å². The number of hydrogen-bond acceptors (Lipinski definition) is 6. The molecule has 1 aromatic carbocycles. The smallest absolute Gasteiger partial charge is 0.222 e. The molecule has 1 N–H and O–H groups in total. The molecule has 12 heteroatoms. The zero-order valence-corrected chi connectivity index (χ0v) is 20.3. The van der Waals surface area contributed by atoms with Gasteiger partial charge in [0, 0.05) is 48.8 Å². The monoisotopic (exact) mass is 481 g/mol. The van der Waals surface area contributed by atoms with Crippen LogP contribution in [0, 0.1) is 5.82 Å². The normalized spacial score (nSPS) is 15.0. The van der Waals surface area contributed by atoms with E-state index < -0.39 is 17.3 Å². The van der Waals surface area contributed by atoms with E-state index in [1.807, 2.05) is 0 Å². The first-order valence-corrected chi connectivity index (χ1v) is 11.3. The predicted molar refractivity (Wildman–Crippen MR) is 133 cm³/mol. The van der Waals surface area contributed by atoms with Crippen LogP contribution >= 0.6 is 0 Å². The third-order valence-electron chi connectivity index (χ3n) is 5.87. The molecular formula is C24H22B2FN7O2. The van der Waals surface area contributed by atoms with Crippen molar-refractivity contribution in [3.05, 3.63) is 59.3 Å². The van der Waals surface area contributed by atoms with Gasteiger partial charge in [0.05, 0.1) is 33.3 Å². The highest BCUT2D eigenvalue weighted by atomic mass is 19.1. The SMILES string of the molecule is [B]C([B])(C)n1ncc2c1-c1cnc(NC(C)=O)c(c1)O[C@H](C)c1cc(F)ccc1-c1nn(C)nc1C2. The highest BCUT2D eigenvalue weighted by molar-refractivity contribution is 6.37. The maximum atomic E-state index is 14.4.